The van der Waals surface area contributed by atoms with Crippen LogP contribution in [0.5, 0.6) is 5.75 Å². The molecule has 32 heavy (non-hydrogen) atoms. The van der Waals surface area contributed by atoms with E-state index in [1.54, 1.807) is 16.2 Å². The zero-order chi connectivity index (χ0) is 22.5. The Morgan fingerprint density at radius 2 is 1.94 bits per heavy atom. The average Bonchev–Trinajstić information content (AvgIpc) is 3.44. The van der Waals surface area contributed by atoms with Gasteiger partial charge in [0.15, 0.2) is 4.34 Å². The molecule has 4 aromatic rings. The van der Waals surface area contributed by atoms with Crippen molar-refractivity contribution in [3.8, 4) is 5.75 Å². The Morgan fingerprint density at radius 3 is 2.75 bits per heavy atom. The van der Waals surface area contributed by atoms with Gasteiger partial charge in [-0.1, -0.05) is 47.4 Å². The predicted molar refractivity (Wildman–Crippen MR) is 132 cm³/mol. The Labute approximate surface area is 198 Å². The topological polar surface area (TPSA) is 80.2 Å². The lowest BCUT2D eigenvalue weighted by molar-refractivity contribution is -0.128. The highest BCUT2D eigenvalue weighted by molar-refractivity contribution is 8.01. The number of para-hydroxylation sites is 3. The minimum Gasteiger partial charge on any atom is -0.492 e. The summed E-state index contributed by atoms with van der Waals surface area (Å²) in [5.41, 5.74) is 1.80. The van der Waals surface area contributed by atoms with Gasteiger partial charge >= 0.3 is 0 Å². The highest BCUT2D eigenvalue weighted by atomic mass is 32.2. The molecule has 0 fully saturated rings. The molecule has 1 amide bonds. The summed E-state index contributed by atoms with van der Waals surface area (Å²) in [5.74, 6) is 1.07. The van der Waals surface area contributed by atoms with Crippen LogP contribution >= 0.6 is 34.4 Å². The molecular weight excluding hydrogens is 462 g/mol. The molecule has 7 nitrogen and oxygen atoms in total. The minimum atomic E-state index is -0.0952. The summed E-state index contributed by atoms with van der Waals surface area (Å²) >= 11 is 4.42. The van der Waals surface area contributed by atoms with Crippen LogP contribution in [0.2, 0.25) is 0 Å². The molecule has 0 aliphatic rings. The third-order valence-corrected chi connectivity index (χ3v) is 7.96. The maximum atomic E-state index is 12.8. The molecule has 0 unspecified atom stereocenters. The molecule has 4 rings (SSSR count). The number of carbonyl (C=O) groups is 1. The highest BCUT2D eigenvalue weighted by Gasteiger charge is 2.21. The molecule has 1 N–H and O–H groups in total. The van der Waals surface area contributed by atoms with Crippen molar-refractivity contribution in [3.63, 3.8) is 0 Å². The number of rotatable bonds is 9. The number of hydrogen-bond acceptors (Lipinski definition) is 9. The number of thiazole rings is 1. The van der Waals surface area contributed by atoms with Gasteiger partial charge in [-0.25, -0.2) is 4.98 Å². The van der Waals surface area contributed by atoms with Gasteiger partial charge in [-0.3, -0.25) is 4.79 Å². The zero-order valence-electron chi connectivity index (χ0n) is 17.9. The van der Waals surface area contributed by atoms with E-state index in [2.05, 4.69) is 26.6 Å². The van der Waals surface area contributed by atoms with Crippen molar-refractivity contribution in [3.05, 3.63) is 53.5 Å². The van der Waals surface area contributed by atoms with E-state index in [1.807, 2.05) is 63.4 Å². The molecule has 2 aromatic heterocycles. The first-order chi connectivity index (χ1) is 15.5. The van der Waals surface area contributed by atoms with Gasteiger partial charge in [0, 0.05) is 7.05 Å². The molecule has 0 saturated heterocycles. The lowest BCUT2D eigenvalue weighted by Gasteiger charge is -2.22. The third-order valence-electron chi connectivity index (χ3n) is 4.80. The number of nitrogens with zero attached hydrogens (tertiary/aromatic N) is 4. The fraction of sp³-hybridized carbons (Fsp3) is 0.273. The van der Waals surface area contributed by atoms with Crippen molar-refractivity contribution in [2.24, 2.45) is 0 Å². The van der Waals surface area contributed by atoms with E-state index in [1.165, 1.54) is 23.1 Å². The number of nitrogens with one attached hydrogen (secondary N) is 1. The van der Waals surface area contributed by atoms with E-state index in [0.717, 1.165) is 31.0 Å². The summed E-state index contributed by atoms with van der Waals surface area (Å²) in [6.07, 6.45) is 0. The van der Waals surface area contributed by atoms with Gasteiger partial charge in [0.1, 0.15) is 10.8 Å². The molecule has 166 valence electrons. The van der Waals surface area contributed by atoms with E-state index >= 15 is 0 Å². The number of ether oxygens (including phenoxy) is 1. The second-order valence-corrected chi connectivity index (χ2v) is 10.2. The van der Waals surface area contributed by atoms with Gasteiger partial charge in [-0.2, -0.15) is 0 Å². The normalized spacial score (nSPS) is 12.0. The molecule has 10 heteroatoms. The minimum absolute atomic E-state index is 0.0214. The third kappa shape index (κ3) is 5.20. The van der Waals surface area contributed by atoms with Crippen LogP contribution in [0.1, 0.15) is 24.9 Å². The van der Waals surface area contributed by atoms with Crippen LogP contribution in [0.4, 0.5) is 10.8 Å². The smallest absolute Gasteiger partial charge is 0.233 e. The van der Waals surface area contributed by atoms with Crippen LogP contribution in [-0.2, 0) is 4.79 Å². The van der Waals surface area contributed by atoms with Crippen molar-refractivity contribution in [2.75, 3.05) is 24.7 Å². The summed E-state index contributed by atoms with van der Waals surface area (Å²) in [6.45, 7) is 4.53. The Hall–Kier alpha value is -2.69. The van der Waals surface area contributed by atoms with Crippen molar-refractivity contribution in [1.82, 2.24) is 20.1 Å². The molecule has 0 aliphatic carbocycles. The first-order valence-electron chi connectivity index (χ1n) is 10.1. The number of fused-ring (bicyclic) bond motifs is 1. The van der Waals surface area contributed by atoms with Crippen LogP contribution in [-0.4, -0.2) is 45.4 Å². The lowest BCUT2D eigenvalue weighted by atomic mass is 10.3. The summed E-state index contributed by atoms with van der Waals surface area (Å²) < 4.78 is 7.49. The number of hydrogen-bond donors (Lipinski definition) is 1. The molecule has 1 atom stereocenters. The first-order valence-corrected chi connectivity index (χ1v) is 12.7. The summed E-state index contributed by atoms with van der Waals surface area (Å²) in [5, 5.41) is 13.2. The van der Waals surface area contributed by atoms with Crippen LogP contribution in [0, 0.1) is 0 Å². The van der Waals surface area contributed by atoms with Crippen LogP contribution < -0.4 is 10.1 Å². The molecule has 0 spiro atoms. The molecule has 2 aromatic carbocycles. The SMILES string of the molecule is CCOc1ccccc1Nc1nnc(SCC(=O)N(C)[C@H](C)c2nc3ccccc3s2)s1. The van der Waals surface area contributed by atoms with Crippen LogP contribution in [0.25, 0.3) is 10.2 Å². The molecule has 0 saturated carbocycles. The fourth-order valence-electron chi connectivity index (χ4n) is 2.96. The maximum absolute atomic E-state index is 12.8. The Kier molecular flexibility index (Phi) is 7.23. The van der Waals surface area contributed by atoms with Gasteiger partial charge in [-0.15, -0.1) is 21.5 Å². The first kappa shape index (κ1) is 22.5. The number of benzene rings is 2. The quantitative estimate of drug-likeness (QED) is 0.309. The van der Waals surface area contributed by atoms with Crippen LogP contribution in [0.15, 0.2) is 52.9 Å². The predicted octanol–water partition coefficient (Wildman–Crippen LogP) is 5.60. The van der Waals surface area contributed by atoms with Gasteiger partial charge < -0.3 is 15.0 Å². The standard InChI is InChI=1S/C22H23N5O2S3/c1-4-29-17-11-7-5-9-15(17)24-21-25-26-22(32-21)30-13-19(28)27(3)14(2)20-23-16-10-6-8-12-18(16)31-20/h5-12,14H,4,13H2,1-3H3,(H,24,25)/t14-/m1/s1. The molecule has 0 bridgehead atoms. The fourth-order valence-corrected chi connectivity index (χ4v) is 5.71. The van der Waals surface area contributed by atoms with Crippen molar-refractivity contribution < 1.29 is 9.53 Å². The van der Waals surface area contributed by atoms with Gasteiger partial charge in [0.25, 0.3) is 0 Å². The van der Waals surface area contributed by atoms with Crippen molar-refractivity contribution in [2.45, 2.75) is 24.2 Å². The van der Waals surface area contributed by atoms with E-state index in [-0.39, 0.29) is 17.7 Å². The second kappa shape index (κ2) is 10.3. The van der Waals surface area contributed by atoms with Crippen molar-refractivity contribution >= 4 is 61.4 Å². The molecule has 0 radical (unpaired) electrons. The van der Waals surface area contributed by atoms with E-state index < -0.39 is 0 Å². The summed E-state index contributed by atoms with van der Waals surface area (Å²) in [6, 6.07) is 15.6. The largest absolute Gasteiger partial charge is 0.492 e. The van der Waals surface area contributed by atoms with Crippen LogP contribution in [0.3, 0.4) is 0 Å². The van der Waals surface area contributed by atoms with E-state index in [9.17, 15) is 4.79 Å². The number of carbonyl (C=O) groups excluding carboxylic acids is 1. The summed E-state index contributed by atoms with van der Waals surface area (Å²) in [4.78, 5) is 19.2. The molecule has 2 heterocycles. The second-order valence-electron chi connectivity index (χ2n) is 6.92. The Bertz CT molecular complexity index is 1180. The van der Waals surface area contributed by atoms with Gasteiger partial charge in [0.2, 0.25) is 11.0 Å². The monoisotopic (exact) mass is 485 g/mol. The maximum Gasteiger partial charge on any atom is 0.233 e. The number of anilines is 2. The lowest BCUT2D eigenvalue weighted by Crippen LogP contribution is -2.31. The number of thioether (sulfide) groups is 1. The molecule has 0 aliphatic heterocycles. The Morgan fingerprint density at radius 1 is 1.16 bits per heavy atom. The van der Waals surface area contributed by atoms with Gasteiger partial charge in [-0.05, 0) is 38.1 Å². The highest BCUT2D eigenvalue weighted by Crippen LogP contribution is 2.33. The zero-order valence-corrected chi connectivity index (χ0v) is 20.4. The number of aromatic nitrogens is 3. The average molecular weight is 486 g/mol. The van der Waals surface area contributed by atoms with E-state index in [0.29, 0.717) is 11.7 Å². The summed E-state index contributed by atoms with van der Waals surface area (Å²) in [7, 11) is 1.82. The Balaban J connectivity index is 1.34. The van der Waals surface area contributed by atoms with E-state index in [4.69, 9.17) is 4.74 Å². The number of amides is 1. The van der Waals surface area contributed by atoms with Crippen molar-refractivity contribution in [1.29, 1.82) is 0 Å². The van der Waals surface area contributed by atoms with Gasteiger partial charge in [0.05, 0.1) is 34.3 Å². The molecular formula is C22H23N5O2S3.